The molecule has 1 saturated heterocycles. The highest BCUT2D eigenvalue weighted by Gasteiger charge is 2.36. The molecule has 44 heavy (non-hydrogen) atoms. The third-order valence-electron chi connectivity index (χ3n) is 8.88. The van der Waals surface area contributed by atoms with Crippen LogP contribution in [0.5, 0.6) is 0 Å². The molecule has 0 amide bonds. The normalized spacial score (nSPS) is 17.8. The van der Waals surface area contributed by atoms with Crippen LogP contribution in [0.2, 0.25) is 5.15 Å². The zero-order chi connectivity index (χ0) is 32.0. The zero-order valence-corrected chi connectivity index (χ0v) is 27.7. The van der Waals surface area contributed by atoms with Crippen molar-refractivity contribution in [2.75, 3.05) is 24.5 Å². The number of hydrogen-bond donors (Lipinski definition) is 1. The van der Waals surface area contributed by atoms with Crippen LogP contribution in [0.15, 0.2) is 30.5 Å². The maximum absolute atomic E-state index is 14.5. The number of piperidine rings is 1. The maximum atomic E-state index is 14.5. The van der Waals surface area contributed by atoms with Gasteiger partial charge < -0.3 is 14.7 Å². The molecular formula is C35H44ClFN4O3. The van der Waals surface area contributed by atoms with Gasteiger partial charge in [-0.05, 0) is 82.1 Å². The van der Waals surface area contributed by atoms with Crippen LogP contribution in [0.25, 0.3) is 11.1 Å². The monoisotopic (exact) mass is 622 g/mol. The number of rotatable bonds is 7. The highest BCUT2D eigenvalue weighted by atomic mass is 35.5. The lowest BCUT2D eigenvalue weighted by atomic mass is 9.81. The average Bonchev–Trinajstić information content (AvgIpc) is 2.93. The van der Waals surface area contributed by atoms with Gasteiger partial charge in [0.1, 0.15) is 0 Å². The number of aliphatic carboxylic acids is 1. The highest BCUT2D eigenvalue weighted by Crippen LogP contribution is 2.45. The van der Waals surface area contributed by atoms with Gasteiger partial charge in [0, 0.05) is 67.0 Å². The van der Waals surface area contributed by atoms with Crippen LogP contribution in [0, 0.1) is 25.1 Å². The number of nitrogens with zero attached hydrogens (tertiary/aromatic N) is 4. The van der Waals surface area contributed by atoms with Gasteiger partial charge in [0.25, 0.3) is 0 Å². The van der Waals surface area contributed by atoms with E-state index in [1.807, 2.05) is 34.6 Å². The number of hydrogen-bond acceptors (Lipinski definition) is 6. The molecule has 1 N–H and O–H groups in total. The third-order valence-corrected chi connectivity index (χ3v) is 9.14. The van der Waals surface area contributed by atoms with E-state index >= 15 is 0 Å². The maximum Gasteiger partial charge on any atom is 0.337 e. The van der Waals surface area contributed by atoms with Gasteiger partial charge in [-0.2, -0.15) is 0 Å². The number of anilines is 1. The Morgan fingerprint density at radius 3 is 2.48 bits per heavy atom. The molecule has 236 valence electrons. The summed E-state index contributed by atoms with van der Waals surface area (Å²) in [5.74, 6) is -1.48. The molecule has 4 heterocycles. The Morgan fingerprint density at radius 1 is 1.11 bits per heavy atom. The van der Waals surface area contributed by atoms with Crippen LogP contribution >= 0.6 is 11.6 Å². The van der Waals surface area contributed by atoms with Gasteiger partial charge in [0.05, 0.1) is 11.3 Å². The summed E-state index contributed by atoms with van der Waals surface area (Å²) >= 11 is 5.92. The SMILES string of the molecule is Cc1nc(C)c([C@H](OC(C)(C)C)C(=O)O)c(N2CCC(C)(C)CC2)c1-c1ccc2c(c1)CCN(Cc1ccnc(Cl)c1F)C2. The van der Waals surface area contributed by atoms with Gasteiger partial charge in [-0.15, -0.1) is 0 Å². The number of carbonyl (C=O) groups is 1. The molecule has 9 heteroatoms. The number of halogens is 2. The van der Waals surface area contributed by atoms with Crippen molar-refractivity contribution in [3.63, 3.8) is 0 Å². The number of aromatic nitrogens is 2. The number of benzene rings is 1. The second kappa shape index (κ2) is 12.4. The second-order valence-corrected chi connectivity index (χ2v) is 14.4. The molecule has 2 aliphatic rings. The Hall–Kier alpha value is -3.07. The first kappa shape index (κ1) is 32.3. The van der Waals surface area contributed by atoms with Crippen molar-refractivity contribution in [2.45, 2.75) is 92.5 Å². The molecule has 0 unspecified atom stereocenters. The minimum atomic E-state index is -1.15. The molecular weight excluding hydrogens is 579 g/mol. The summed E-state index contributed by atoms with van der Waals surface area (Å²) in [6.07, 6.45) is 3.22. The summed E-state index contributed by atoms with van der Waals surface area (Å²) in [5, 5.41) is 10.4. The summed E-state index contributed by atoms with van der Waals surface area (Å²) < 4.78 is 20.8. The van der Waals surface area contributed by atoms with Gasteiger partial charge >= 0.3 is 5.97 Å². The fraction of sp³-hybridized carbons (Fsp3) is 0.514. The molecule has 2 aromatic heterocycles. The van der Waals surface area contributed by atoms with E-state index in [1.165, 1.54) is 11.1 Å². The van der Waals surface area contributed by atoms with Gasteiger partial charge in [-0.3, -0.25) is 9.88 Å². The Bertz CT molecular complexity index is 1560. The molecule has 3 aromatic rings. The van der Waals surface area contributed by atoms with Crippen molar-refractivity contribution in [1.82, 2.24) is 14.9 Å². The molecule has 7 nitrogen and oxygen atoms in total. The molecule has 1 aromatic carbocycles. The summed E-state index contributed by atoms with van der Waals surface area (Å²) in [5.41, 5.74) is 7.63. The number of fused-ring (bicyclic) bond motifs is 1. The predicted molar refractivity (Wildman–Crippen MR) is 173 cm³/mol. The second-order valence-electron chi connectivity index (χ2n) is 14.0. The first-order valence-electron chi connectivity index (χ1n) is 15.4. The number of pyridine rings is 2. The average molecular weight is 623 g/mol. The molecule has 0 bridgehead atoms. The topological polar surface area (TPSA) is 78.8 Å². The van der Waals surface area contributed by atoms with Gasteiger partial charge in [0.2, 0.25) is 0 Å². The van der Waals surface area contributed by atoms with Crippen molar-refractivity contribution in [3.05, 3.63) is 75.1 Å². The minimum absolute atomic E-state index is 0.0999. The molecule has 0 aliphatic carbocycles. The van der Waals surface area contributed by atoms with Gasteiger partial charge in [0.15, 0.2) is 17.1 Å². The van der Waals surface area contributed by atoms with Crippen molar-refractivity contribution in [3.8, 4) is 11.1 Å². The van der Waals surface area contributed by atoms with E-state index in [0.717, 1.165) is 61.4 Å². The van der Waals surface area contributed by atoms with Crippen molar-refractivity contribution in [1.29, 1.82) is 0 Å². The molecule has 1 atom stereocenters. The lowest BCUT2D eigenvalue weighted by molar-refractivity contribution is -0.160. The number of ether oxygens (including phenoxy) is 1. The molecule has 0 radical (unpaired) electrons. The van der Waals surface area contributed by atoms with Crippen molar-refractivity contribution in [2.24, 2.45) is 5.41 Å². The van der Waals surface area contributed by atoms with E-state index in [4.69, 9.17) is 21.3 Å². The quantitative estimate of drug-likeness (QED) is 0.271. The highest BCUT2D eigenvalue weighted by molar-refractivity contribution is 6.29. The van der Waals surface area contributed by atoms with E-state index in [1.54, 1.807) is 12.3 Å². The first-order chi connectivity index (χ1) is 20.6. The Morgan fingerprint density at radius 2 is 1.82 bits per heavy atom. The zero-order valence-electron chi connectivity index (χ0n) is 26.9. The predicted octanol–water partition coefficient (Wildman–Crippen LogP) is 7.68. The number of carboxylic acids is 1. The smallest absolute Gasteiger partial charge is 0.337 e. The van der Waals surface area contributed by atoms with E-state index in [0.29, 0.717) is 29.9 Å². The standard InChI is InChI=1S/C35H44ClFN4O3/c1-21-27(24-8-9-25-19-40(15-11-23(25)18-24)20-26-10-14-38-32(36)29(26)37)30(41-16-12-35(6,7)13-17-41)28(22(2)39-21)31(33(42)43)44-34(3,4)5/h8-10,14,18,31H,11-13,15-17,19-20H2,1-7H3,(H,42,43)/t31-/m0/s1. The van der Waals surface area contributed by atoms with Crippen LogP contribution in [0.3, 0.4) is 0 Å². The van der Waals surface area contributed by atoms with Gasteiger partial charge in [-0.1, -0.05) is 43.6 Å². The summed E-state index contributed by atoms with van der Waals surface area (Å²) in [6.45, 7) is 17.7. The van der Waals surface area contributed by atoms with E-state index in [9.17, 15) is 14.3 Å². The van der Waals surface area contributed by atoms with Gasteiger partial charge in [-0.25, -0.2) is 14.2 Å². The van der Waals surface area contributed by atoms with E-state index in [2.05, 4.69) is 46.8 Å². The van der Waals surface area contributed by atoms with Crippen LogP contribution in [0.4, 0.5) is 10.1 Å². The Labute approximate surface area is 265 Å². The number of aryl methyl sites for hydroxylation is 2. The molecule has 0 spiro atoms. The van der Waals surface area contributed by atoms with E-state index in [-0.39, 0.29) is 10.6 Å². The minimum Gasteiger partial charge on any atom is -0.479 e. The Kier molecular flexibility index (Phi) is 9.09. The van der Waals surface area contributed by atoms with Crippen LogP contribution < -0.4 is 4.90 Å². The fourth-order valence-electron chi connectivity index (χ4n) is 6.47. The summed E-state index contributed by atoms with van der Waals surface area (Å²) in [6, 6.07) is 8.18. The molecule has 2 aliphatic heterocycles. The van der Waals surface area contributed by atoms with Crippen LogP contribution in [-0.4, -0.2) is 51.2 Å². The molecule has 5 rings (SSSR count). The molecule has 0 saturated carbocycles. The van der Waals surface area contributed by atoms with Crippen molar-refractivity contribution >= 4 is 23.3 Å². The lowest BCUT2D eigenvalue weighted by Crippen LogP contribution is -2.39. The lowest BCUT2D eigenvalue weighted by Gasteiger charge is -2.41. The number of carboxylic acid groups (broad SMARTS) is 1. The Balaban J connectivity index is 1.57. The first-order valence-corrected chi connectivity index (χ1v) is 15.8. The summed E-state index contributed by atoms with van der Waals surface area (Å²) in [7, 11) is 0. The third kappa shape index (κ3) is 6.93. The van der Waals surface area contributed by atoms with Crippen molar-refractivity contribution < 1.29 is 19.0 Å². The van der Waals surface area contributed by atoms with E-state index < -0.39 is 23.5 Å². The molecule has 1 fully saturated rings. The largest absolute Gasteiger partial charge is 0.479 e. The fourth-order valence-corrected chi connectivity index (χ4v) is 6.65. The summed E-state index contributed by atoms with van der Waals surface area (Å²) in [4.78, 5) is 26.1. The van der Waals surface area contributed by atoms with Crippen LogP contribution in [-0.2, 0) is 29.0 Å². The van der Waals surface area contributed by atoms with Crippen LogP contribution in [0.1, 0.15) is 87.2 Å².